The highest BCUT2D eigenvalue weighted by Gasteiger charge is 2.12. The molecule has 0 aliphatic carbocycles. The van der Waals surface area contributed by atoms with Crippen LogP contribution in [-0.2, 0) is 6.61 Å². The van der Waals surface area contributed by atoms with Crippen LogP contribution in [0.1, 0.15) is 11.1 Å². The summed E-state index contributed by atoms with van der Waals surface area (Å²) in [6, 6.07) is 13.3. The van der Waals surface area contributed by atoms with Gasteiger partial charge in [-0.15, -0.1) is 0 Å². The van der Waals surface area contributed by atoms with E-state index in [1.54, 1.807) is 17.0 Å². The van der Waals surface area contributed by atoms with Crippen molar-refractivity contribution < 1.29 is 5.11 Å². The van der Waals surface area contributed by atoms with Crippen molar-refractivity contribution in [1.82, 2.24) is 9.13 Å². The highest BCUT2D eigenvalue weighted by Crippen LogP contribution is 2.23. The Labute approximate surface area is 136 Å². The molecule has 0 atom stereocenters. The maximum atomic E-state index is 12.7. The first-order valence-corrected chi connectivity index (χ1v) is 7.67. The maximum absolute atomic E-state index is 12.7. The lowest BCUT2D eigenvalue weighted by molar-refractivity contribution is 0.280. The summed E-state index contributed by atoms with van der Waals surface area (Å²) in [4.78, 5) is 12.7. The van der Waals surface area contributed by atoms with Crippen LogP contribution in [-0.4, -0.2) is 14.2 Å². The molecule has 2 aromatic carbocycles. The Kier molecular flexibility index (Phi) is 4.00. The molecule has 5 heteroatoms. The number of aliphatic hydroxyl groups excluding tert-OH is 1. The van der Waals surface area contributed by atoms with Crippen LogP contribution in [0, 0.1) is 6.92 Å². The van der Waals surface area contributed by atoms with Gasteiger partial charge in [-0.25, -0.2) is 4.79 Å². The summed E-state index contributed by atoms with van der Waals surface area (Å²) >= 11 is 3.41. The van der Waals surface area contributed by atoms with E-state index in [0.29, 0.717) is 11.3 Å². The molecule has 0 unspecified atom stereocenters. The summed E-state index contributed by atoms with van der Waals surface area (Å²) in [5.41, 5.74) is 3.15. The molecule has 0 aliphatic heterocycles. The Morgan fingerprint density at radius 2 is 1.73 bits per heavy atom. The van der Waals surface area contributed by atoms with Crippen LogP contribution in [0.2, 0.25) is 0 Å². The van der Waals surface area contributed by atoms with Crippen molar-refractivity contribution in [2.45, 2.75) is 13.5 Å². The molecular weight excluding hydrogens is 344 g/mol. The average molecular weight is 359 g/mol. The van der Waals surface area contributed by atoms with E-state index in [4.69, 9.17) is 0 Å². The minimum atomic E-state index is -0.170. The van der Waals surface area contributed by atoms with Crippen molar-refractivity contribution in [3.8, 4) is 11.4 Å². The molecule has 112 valence electrons. The third-order valence-electron chi connectivity index (χ3n) is 3.60. The van der Waals surface area contributed by atoms with Gasteiger partial charge in [0.05, 0.1) is 18.0 Å². The van der Waals surface area contributed by atoms with Gasteiger partial charge in [-0.05, 0) is 31.2 Å². The second-order valence-electron chi connectivity index (χ2n) is 5.05. The summed E-state index contributed by atoms with van der Waals surface area (Å²) in [7, 11) is 0. The summed E-state index contributed by atoms with van der Waals surface area (Å²) in [6.45, 7) is 1.87. The second-order valence-corrected chi connectivity index (χ2v) is 5.91. The fourth-order valence-electron chi connectivity index (χ4n) is 2.39. The number of benzene rings is 2. The van der Waals surface area contributed by atoms with Gasteiger partial charge in [0, 0.05) is 22.4 Å². The molecule has 0 radical (unpaired) electrons. The van der Waals surface area contributed by atoms with E-state index >= 15 is 0 Å². The molecule has 1 N–H and O–H groups in total. The summed E-state index contributed by atoms with van der Waals surface area (Å²) in [5, 5.41) is 9.55. The van der Waals surface area contributed by atoms with E-state index in [2.05, 4.69) is 15.9 Å². The van der Waals surface area contributed by atoms with Crippen molar-refractivity contribution in [3.05, 3.63) is 80.9 Å². The molecule has 0 fully saturated rings. The van der Waals surface area contributed by atoms with Gasteiger partial charge in [-0.1, -0.05) is 39.7 Å². The molecule has 4 nitrogen and oxygen atoms in total. The zero-order chi connectivity index (χ0) is 15.7. The quantitative estimate of drug-likeness (QED) is 0.781. The predicted octanol–water partition coefficient (Wildman–Crippen LogP) is 3.19. The lowest BCUT2D eigenvalue weighted by Gasteiger charge is -2.09. The second kappa shape index (κ2) is 5.94. The number of aryl methyl sites for hydroxylation is 1. The van der Waals surface area contributed by atoms with Crippen molar-refractivity contribution in [2.75, 3.05) is 0 Å². The monoisotopic (exact) mass is 358 g/mol. The number of hydrogen-bond donors (Lipinski definition) is 1. The van der Waals surface area contributed by atoms with Gasteiger partial charge in [-0.3, -0.25) is 9.13 Å². The number of hydrogen-bond acceptors (Lipinski definition) is 2. The van der Waals surface area contributed by atoms with Crippen molar-refractivity contribution in [1.29, 1.82) is 0 Å². The van der Waals surface area contributed by atoms with E-state index in [1.165, 1.54) is 4.57 Å². The fraction of sp³-hybridized carbons (Fsp3) is 0.118. The van der Waals surface area contributed by atoms with E-state index in [9.17, 15) is 9.90 Å². The van der Waals surface area contributed by atoms with Gasteiger partial charge < -0.3 is 5.11 Å². The Hall–Kier alpha value is -2.11. The SMILES string of the molecule is Cc1ccc(-n2ccn(-c3cccc(Br)c3CO)c2=O)cc1. The van der Waals surface area contributed by atoms with Crippen LogP contribution in [0.5, 0.6) is 0 Å². The molecule has 3 rings (SSSR count). The molecule has 3 aromatic rings. The molecule has 0 aliphatic rings. The molecule has 22 heavy (non-hydrogen) atoms. The first-order valence-electron chi connectivity index (χ1n) is 6.87. The number of rotatable bonds is 3. The number of aliphatic hydroxyl groups is 1. The standard InChI is InChI=1S/C17H15BrN2O2/c1-12-5-7-13(8-6-12)19-9-10-20(17(19)22)16-4-2-3-15(18)14(16)11-21/h2-10,21H,11H2,1H3. The van der Waals surface area contributed by atoms with Gasteiger partial charge in [0.15, 0.2) is 0 Å². The molecule has 1 heterocycles. The van der Waals surface area contributed by atoms with Crippen LogP contribution in [0.15, 0.2) is 64.1 Å². The minimum Gasteiger partial charge on any atom is -0.392 e. The van der Waals surface area contributed by atoms with Crippen molar-refractivity contribution in [2.24, 2.45) is 0 Å². The molecular formula is C17H15BrN2O2. The third-order valence-corrected chi connectivity index (χ3v) is 4.34. The molecule has 0 saturated heterocycles. The first kappa shape index (κ1) is 14.8. The first-order chi connectivity index (χ1) is 10.6. The Bertz CT molecular complexity index is 863. The summed E-state index contributed by atoms with van der Waals surface area (Å²) in [5.74, 6) is 0. The zero-order valence-electron chi connectivity index (χ0n) is 12.0. The number of aromatic nitrogens is 2. The van der Waals surface area contributed by atoms with Gasteiger partial charge in [-0.2, -0.15) is 0 Å². The normalized spacial score (nSPS) is 10.9. The number of nitrogens with zero attached hydrogens (tertiary/aromatic N) is 2. The topological polar surface area (TPSA) is 47.2 Å². The maximum Gasteiger partial charge on any atom is 0.337 e. The summed E-state index contributed by atoms with van der Waals surface area (Å²) < 4.78 is 3.90. The molecule has 0 bridgehead atoms. The Balaban J connectivity index is 2.14. The lowest BCUT2D eigenvalue weighted by atomic mass is 10.2. The fourth-order valence-corrected chi connectivity index (χ4v) is 2.87. The Morgan fingerprint density at radius 1 is 1.05 bits per heavy atom. The molecule has 0 saturated carbocycles. The molecule has 1 aromatic heterocycles. The van der Waals surface area contributed by atoms with E-state index in [-0.39, 0.29) is 12.3 Å². The summed E-state index contributed by atoms with van der Waals surface area (Å²) in [6.07, 6.45) is 3.44. The van der Waals surface area contributed by atoms with Crippen LogP contribution < -0.4 is 5.69 Å². The van der Waals surface area contributed by atoms with E-state index in [0.717, 1.165) is 15.7 Å². The third kappa shape index (κ3) is 2.53. The van der Waals surface area contributed by atoms with E-state index < -0.39 is 0 Å². The van der Waals surface area contributed by atoms with Crippen LogP contribution in [0.4, 0.5) is 0 Å². The largest absolute Gasteiger partial charge is 0.392 e. The highest BCUT2D eigenvalue weighted by atomic mass is 79.9. The minimum absolute atomic E-state index is 0.140. The van der Waals surface area contributed by atoms with Gasteiger partial charge in [0.1, 0.15) is 0 Å². The number of imidazole rings is 1. The molecule has 0 spiro atoms. The van der Waals surface area contributed by atoms with E-state index in [1.807, 2.05) is 49.4 Å². The molecule has 0 amide bonds. The van der Waals surface area contributed by atoms with Crippen LogP contribution in [0.3, 0.4) is 0 Å². The Morgan fingerprint density at radius 3 is 2.41 bits per heavy atom. The average Bonchev–Trinajstić information content (AvgIpc) is 2.89. The van der Waals surface area contributed by atoms with Crippen LogP contribution in [0.25, 0.3) is 11.4 Å². The predicted molar refractivity (Wildman–Crippen MR) is 89.7 cm³/mol. The zero-order valence-corrected chi connectivity index (χ0v) is 13.6. The van der Waals surface area contributed by atoms with Crippen molar-refractivity contribution >= 4 is 15.9 Å². The number of halogens is 1. The van der Waals surface area contributed by atoms with Gasteiger partial charge in [0.25, 0.3) is 0 Å². The van der Waals surface area contributed by atoms with Gasteiger partial charge >= 0.3 is 5.69 Å². The smallest absolute Gasteiger partial charge is 0.337 e. The van der Waals surface area contributed by atoms with Crippen molar-refractivity contribution in [3.63, 3.8) is 0 Å². The lowest BCUT2D eigenvalue weighted by Crippen LogP contribution is -2.22. The van der Waals surface area contributed by atoms with Crippen LogP contribution >= 0.6 is 15.9 Å². The highest BCUT2D eigenvalue weighted by molar-refractivity contribution is 9.10. The van der Waals surface area contributed by atoms with Gasteiger partial charge in [0.2, 0.25) is 0 Å².